The number of anilines is 1. The predicted octanol–water partition coefficient (Wildman–Crippen LogP) is 2.02. The molecule has 0 spiro atoms. The van der Waals surface area contributed by atoms with Crippen molar-refractivity contribution >= 4 is 11.6 Å². The Hall–Kier alpha value is -2.36. The quantitative estimate of drug-likeness (QED) is 0.894. The van der Waals surface area contributed by atoms with Crippen LogP contribution < -0.4 is 10.6 Å². The van der Waals surface area contributed by atoms with Gasteiger partial charge in [-0.15, -0.1) is 0 Å². The Kier molecular flexibility index (Phi) is 3.37. The third-order valence-corrected chi connectivity index (χ3v) is 3.67. The number of hydrogen-bond donors (Lipinski definition) is 2. The van der Waals surface area contributed by atoms with Gasteiger partial charge in [0.2, 0.25) is 0 Å². The highest BCUT2D eigenvalue weighted by Crippen LogP contribution is 2.21. The third-order valence-electron chi connectivity index (χ3n) is 3.67. The van der Waals surface area contributed by atoms with Gasteiger partial charge in [0.15, 0.2) is 0 Å². The van der Waals surface area contributed by atoms with E-state index in [9.17, 15) is 4.79 Å². The average Bonchev–Trinajstić information content (AvgIpc) is 2.89. The molecule has 1 aromatic carbocycles. The van der Waals surface area contributed by atoms with Gasteiger partial charge in [0.1, 0.15) is 5.69 Å². The summed E-state index contributed by atoms with van der Waals surface area (Å²) in [6.45, 7) is 0. The number of carbonyl (C=O) groups is 1. The summed E-state index contributed by atoms with van der Waals surface area (Å²) in [4.78, 5) is 16.3. The van der Waals surface area contributed by atoms with Gasteiger partial charge in [-0.1, -0.05) is 24.3 Å². The number of fused-ring (bicyclic) bond motifs is 1. The molecule has 102 valence electrons. The summed E-state index contributed by atoms with van der Waals surface area (Å²) in [7, 11) is 1.83. The van der Waals surface area contributed by atoms with E-state index in [1.807, 2.05) is 25.2 Å². The zero-order valence-electron chi connectivity index (χ0n) is 11.4. The number of rotatable bonds is 3. The van der Waals surface area contributed by atoms with Gasteiger partial charge in [0, 0.05) is 13.1 Å². The van der Waals surface area contributed by atoms with Crippen LogP contribution in [0.5, 0.6) is 0 Å². The zero-order chi connectivity index (χ0) is 13.9. The first kappa shape index (κ1) is 12.7. The molecule has 4 nitrogen and oxygen atoms in total. The molecule has 1 heterocycles. The molecule has 1 amide bonds. The molecule has 4 heteroatoms. The second-order valence-corrected chi connectivity index (χ2v) is 5.03. The molecular formula is C16H17N3O. The largest absolute Gasteiger partial charge is 0.387 e. The molecular weight excluding hydrogens is 250 g/mol. The number of nitrogens with zero attached hydrogens (tertiary/aromatic N) is 1. The Bertz CT molecular complexity index is 597. The minimum absolute atomic E-state index is 0.106. The molecule has 20 heavy (non-hydrogen) atoms. The molecule has 1 aliphatic carbocycles. The minimum Gasteiger partial charge on any atom is -0.387 e. The molecule has 0 saturated carbocycles. The number of hydrogen-bond acceptors (Lipinski definition) is 3. The van der Waals surface area contributed by atoms with Crippen molar-refractivity contribution < 1.29 is 4.79 Å². The van der Waals surface area contributed by atoms with Crippen LogP contribution in [-0.4, -0.2) is 24.0 Å². The first-order valence-corrected chi connectivity index (χ1v) is 6.77. The summed E-state index contributed by atoms with van der Waals surface area (Å²) in [6.07, 6.45) is 3.46. The van der Waals surface area contributed by atoms with Crippen molar-refractivity contribution in [1.29, 1.82) is 0 Å². The molecule has 0 aliphatic heterocycles. The van der Waals surface area contributed by atoms with Gasteiger partial charge in [0.05, 0.1) is 11.9 Å². The lowest BCUT2D eigenvalue weighted by Gasteiger charge is -2.11. The van der Waals surface area contributed by atoms with Crippen LogP contribution in [0.3, 0.4) is 0 Å². The van der Waals surface area contributed by atoms with Crippen LogP contribution in [0, 0.1) is 0 Å². The van der Waals surface area contributed by atoms with Crippen LogP contribution in [0.2, 0.25) is 0 Å². The number of amides is 1. The van der Waals surface area contributed by atoms with Crippen molar-refractivity contribution in [3.63, 3.8) is 0 Å². The smallest absolute Gasteiger partial charge is 0.270 e. The summed E-state index contributed by atoms with van der Waals surface area (Å²) >= 11 is 0. The molecule has 0 unspecified atom stereocenters. The van der Waals surface area contributed by atoms with E-state index in [0.29, 0.717) is 5.69 Å². The molecule has 0 fully saturated rings. The Labute approximate surface area is 118 Å². The number of carbonyl (C=O) groups excluding carboxylic acids is 1. The first-order chi connectivity index (χ1) is 9.76. The lowest BCUT2D eigenvalue weighted by Crippen LogP contribution is -2.35. The van der Waals surface area contributed by atoms with Gasteiger partial charge in [-0.25, -0.2) is 4.98 Å². The molecule has 0 atom stereocenters. The van der Waals surface area contributed by atoms with Crippen molar-refractivity contribution in [1.82, 2.24) is 10.3 Å². The van der Waals surface area contributed by atoms with E-state index >= 15 is 0 Å². The van der Waals surface area contributed by atoms with E-state index in [4.69, 9.17) is 0 Å². The van der Waals surface area contributed by atoms with Gasteiger partial charge in [-0.05, 0) is 36.1 Å². The van der Waals surface area contributed by atoms with Crippen molar-refractivity contribution in [3.05, 3.63) is 59.4 Å². The van der Waals surface area contributed by atoms with E-state index in [2.05, 4.69) is 27.8 Å². The molecule has 0 radical (unpaired) electrons. The molecule has 1 aromatic heterocycles. The molecule has 2 N–H and O–H groups in total. The number of aromatic nitrogens is 1. The topological polar surface area (TPSA) is 54.0 Å². The highest BCUT2D eigenvalue weighted by atomic mass is 16.1. The van der Waals surface area contributed by atoms with Gasteiger partial charge in [-0.2, -0.15) is 0 Å². The van der Waals surface area contributed by atoms with Gasteiger partial charge >= 0.3 is 0 Å². The van der Waals surface area contributed by atoms with Crippen LogP contribution in [0.15, 0.2) is 42.6 Å². The minimum atomic E-state index is -0.106. The number of benzene rings is 1. The second kappa shape index (κ2) is 5.33. The van der Waals surface area contributed by atoms with E-state index in [-0.39, 0.29) is 11.9 Å². The van der Waals surface area contributed by atoms with Crippen LogP contribution in [0.4, 0.5) is 5.69 Å². The standard InChI is InChI=1S/C16H17N3O/c1-17-13-6-7-15(18-10-13)16(20)19-14-8-11-4-2-3-5-12(11)9-14/h2-7,10,14,17H,8-9H2,1H3,(H,19,20). The highest BCUT2D eigenvalue weighted by molar-refractivity contribution is 5.92. The van der Waals surface area contributed by atoms with Gasteiger partial charge in [0.25, 0.3) is 5.91 Å². The Morgan fingerprint density at radius 1 is 1.15 bits per heavy atom. The predicted molar refractivity (Wildman–Crippen MR) is 78.9 cm³/mol. The van der Waals surface area contributed by atoms with Crippen LogP contribution >= 0.6 is 0 Å². The molecule has 0 saturated heterocycles. The fraction of sp³-hybridized carbons (Fsp3) is 0.250. The summed E-state index contributed by atoms with van der Waals surface area (Å²) in [5, 5.41) is 6.04. The Balaban J connectivity index is 1.65. The van der Waals surface area contributed by atoms with Crippen LogP contribution in [0.1, 0.15) is 21.6 Å². The third kappa shape index (κ3) is 2.50. The first-order valence-electron chi connectivity index (χ1n) is 6.77. The summed E-state index contributed by atoms with van der Waals surface area (Å²) < 4.78 is 0. The van der Waals surface area contributed by atoms with Gasteiger partial charge < -0.3 is 10.6 Å². The summed E-state index contributed by atoms with van der Waals surface area (Å²) in [5.41, 5.74) is 4.02. The fourth-order valence-corrected chi connectivity index (χ4v) is 2.60. The molecule has 2 aromatic rings. The normalized spacial score (nSPS) is 13.8. The maximum atomic E-state index is 12.2. The molecule has 1 aliphatic rings. The van der Waals surface area contributed by atoms with E-state index in [1.54, 1.807) is 12.3 Å². The van der Waals surface area contributed by atoms with Crippen molar-refractivity contribution in [2.75, 3.05) is 12.4 Å². The van der Waals surface area contributed by atoms with Crippen molar-refractivity contribution in [2.45, 2.75) is 18.9 Å². The van der Waals surface area contributed by atoms with Crippen molar-refractivity contribution in [3.8, 4) is 0 Å². The van der Waals surface area contributed by atoms with E-state index in [1.165, 1.54) is 11.1 Å². The Morgan fingerprint density at radius 3 is 2.40 bits per heavy atom. The van der Waals surface area contributed by atoms with Crippen LogP contribution in [-0.2, 0) is 12.8 Å². The lowest BCUT2D eigenvalue weighted by molar-refractivity contribution is 0.0933. The zero-order valence-corrected chi connectivity index (χ0v) is 11.4. The van der Waals surface area contributed by atoms with Crippen LogP contribution in [0.25, 0.3) is 0 Å². The molecule has 0 bridgehead atoms. The number of nitrogens with one attached hydrogen (secondary N) is 2. The Morgan fingerprint density at radius 2 is 1.85 bits per heavy atom. The molecule has 3 rings (SSSR count). The average molecular weight is 267 g/mol. The van der Waals surface area contributed by atoms with E-state index < -0.39 is 0 Å². The van der Waals surface area contributed by atoms with E-state index in [0.717, 1.165) is 18.5 Å². The maximum Gasteiger partial charge on any atom is 0.270 e. The summed E-state index contributed by atoms with van der Waals surface area (Å²) in [5.74, 6) is -0.106. The van der Waals surface area contributed by atoms with Gasteiger partial charge in [-0.3, -0.25) is 4.79 Å². The lowest BCUT2D eigenvalue weighted by atomic mass is 10.1. The maximum absolute atomic E-state index is 12.2. The second-order valence-electron chi connectivity index (χ2n) is 5.03. The highest BCUT2D eigenvalue weighted by Gasteiger charge is 2.23. The number of pyridine rings is 1. The fourth-order valence-electron chi connectivity index (χ4n) is 2.60. The summed E-state index contributed by atoms with van der Waals surface area (Å²) in [6, 6.07) is 12.1. The SMILES string of the molecule is CNc1ccc(C(=O)NC2Cc3ccccc3C2)nc1. The monoisotopic (exact) mass is 267 g/mol. The van der Waals surface area contributed by atoms with Crippen molar-refractivity contribution in [2.24, 2.45) is 0 Å².